The van der Waals surface area contributed by atoms with Crippen molar-refractivity contribution in [1.29, 1.82) is 0 Å². The maximum atomic E-state index is 12.2. The van der Waals surface area contributed by atoms with Gasteiger partial charge in [-0.1, -0.05) is 48.3 Å². The van der Waals surface area contributed by atoms with E-state index in [1.165, 1.54) is 0 Å². The lowest BCUT2D eigenvalue weighted by Gasteiger charge is -2.33. The number of hydrogen-bond donors (Lipinski definition) is 1. The van der Waals surface area contributed by atoms with Gasteiger partial charge in [0.25, 0.3) is 0 Å². The van der Waals surface area contributed by atoms with Gasteiger partial charge in [0.15, 0.2) is 5.82 Å². The van der Waals surface area contributed by atoms with Crippen molar-refractivity contribution in [3.8, 4) is 0 Å². The Morgan fingerprint density at radius 3 is 2.43 bits per heavy atom. The number of nitrogens with one attached hydrogen (secondary N) is 1. The van der Waals surface area contributed by atoms with E-state index in [9.17, 15) is 4.79 Å². The first kappa shape index (κ1) is 21.0. The second-order valence-corrected chi connectivity index (χ2v) is 8.03. The van der Waals surface area contributed by atoms with Crippen molar-refractivity contribution in [2.24, 2.45) is 0 Å². The summed E-state index contributed by atoms with van der Waals surface area (Å²) < 4.78 is 5.32. The molecule has 1 saturated heterocycles. The fourth-order valence-electron chi connectivity index (χ4n) is 3.01. The van der Waals surface area contributed by atoms with Gasteiger partial charge >= 0.3 is 0 Å². The van der Waals surface area contributed by atoms with Gasteiger partial charge in [0, 0.05) is 45.1 Å². The fourth-order valence-corrected chi connectivity index (χ4v) is 3.50. The first-order chi connectivity index (χ1) is 13.4. The predicted octanol–water partition coefficient (Wildman–Crippen LogP) is 3.65. The molecule has 1 fully saturated rings. The number of amides is 1. The standard InChI is InChI=1S/C19H25Cl2N5O2/c1-13(2)19-23-17(28-24-19)12-26-10-8-25(9-11-26)7-6-16(27)22-18-14(20)4-3-5-15(18)21/h3-5,13H,6-12H2,1-2H3,(H,22,27). The second-order valence-electron chi connectivity index (χ2n) is 7.21. The summed E-state index contributed by atoms with van der Waals surface area (Å²) in [5.41, 5.74) is 0.473. The maximum Gasteiger partial charge on any atom is 0.240 e. The molecule has 0 spiro atoms. The minimum absolute atomic E-state index is 0.0931. The zero-order valence-corrected chi connectivity index (χ0v) is 17.6. The summed E-state index contributed by atoms with van der Waals surface area (Å²) in [6, 6.07) is 5.16. The number of halogens is 2. The highest BCUT2D eigenvalue weighted by atomic mass is 35.5. The summed E-state index contributed by atoms with van der Waals surface area (Å²) in [6.07, 6.45) is 0.392. The van der Waals surface area contributed by atoms with Crippen LogP contribution < -0.4 is 5.32 Å². The topological polar surface area (TPSA) is 74.5 Å². The number of piperazine rings is 1. The van der Waals surface area contributed by atoms with Crippen molar-refractivity contribution in [3.63, 3.8) is 0 Å². The van der Waals surface area contributed by atoms with E-state index < -0.39 is 0 Å². The predicted molar refractivity (Wildman–Crippen MR) is 110 cm³/mol. The van der Waals surface area contributed by atoms with Crippen LogP contribution in [0.5, 0.6) is 0 Å². The third-order valence-electron chi connectivity index (χ3n) is 4.71. The van der Waals surface area contributed by atoms with Gasteiger partial charge in [0.2, 0.25) is 11.8 Å². The summed E-state index contributed by atoms with van der Waals surface area (Å²) in [5.74, 6) is 1.58. The van der Waals surface area contributed by atoms with Gasteiger partial charge in [-0.3, -0.25) is 9.69 Å². The van der Waals surface area contributed by atoms with E-state index in [1.54, 1.807) is 18.2 Å². The monoisotopic (exact) mass is 425 g/mol. The zero-order chi connectivity index (χ0) is 20.1. The molecule has 1 aliphatic rings. The summed E-state index contributed by atoms with van der Waals surface area (Å²) in [6.45, 7) is 9.04. The molecule has 9 heteroatoms. The van der Waals surface area contributed by atoms with Crippen LogP contribution in [0.2, 0.25) is 10.0 Å². The molecule has 2 aromatic rings. The van der Waals surface area contributed by atoms with E-state index in [1.807, 2.05) is 13.8 Å². The molecule has 0 saturated carbocycles. The fraction of sp³-hybridized carbons (Fsp3) is 0.526. The summed E-state index contributed by atoms with van der Waals surface area (Å²) in [5, 5.41) is 7.69. The second kappa shape index (κ2) is 9.69. The minimum atomic E-state index is -0.0931. The Kier molecular flexibility index (Phi) is 7.29. The number of para-hydroxylation sites is 1. The number of benzene rings is 1. The maximum absolute atomic E-state index is 12.2. The van der Waals surface area contributed by atoms with Gasteiger partial charge in [-0.2, -0.15) is 4.98 Å². The Labute approximate surface area is 175 Å². The van der Waals surface area contributed by atoms with E-state index in [0.29, 0.717) is 41.1 Å². The molecule has 2 heterocycles. The Hall–Kier alpha value is -1.67. The van der Waals surface area contributed by atoms with Crippen LogP contribution in [-0.4, -0.2) is 58.6 Å². The third-order valence-corrected chi connectivity index (χ3v) is 5.34. The van der Waals surface area contributed by atoms with E-state index in [0.717, 1.165) is 32.0 Å². The van der Waals surface area contributed by atoms with Gasteiger partial charge in [-0.15, -0.1) is 0 Å². The smallest absolute Gasteiger partial charge is 0.240 e. The number of rotatable bonds is 7. The molecule has 0 bridgehead atoms. The Morgan fingerprint density at radius 2 is 1.82 bits per heavy atom. The Balaban J connectivity index is 1.40. The molecule has 1 aromatic carbocycles. The number of anilines is 1. The van der Waals surface area contributed by atoms with Gasteiger partial charge in [-0.25, -0.2) is 0 Å². The highest BCUT2D eigenvalue weighted by Gasteiger charge is 2.20. The van der Waals surface area contributed by atoms with E-state index in [2.05, 4.69) is 25.3 Å². The molecule has 0 unspecified atom stereocenters. The molecule has 0 radical (unpaired) electrons. The molecule has 0 aliphatic carbocycles. The van der Waals surface area contributed by atoms with Crippen molar-refractivity contribution in [1.82, 2.24) is 19.9 Å². The van der Waals surface area contributed by atoms with Crippen molar-refractivity contribution in [3.05, 3.63) is 40.0 Å². The number of carbonyl (C=O) groups excluding carboxylic acids is 1. The lowest BCUT2D eigenvalue weighted by Crippen LogP contribution is -2.46. The van der Waals surface area contributed by atoms with Gasteiger partial charge in [-0.05, 0) is 12.1 Å². The SMILES string of the molecule is CC(C)c1noc(CN2CCN(CCC(=O)Nc3c(Cl)cccc3Cl)CC2)n1. The molecule has 28 heavy (non-hydrogen) atoms. The van der Waals surface area contributed by atoms with Crippen LogP contribution in [0.15, 0.2) is 22.7 Å². The number of hydrogen-bond acceptors (Lipinski definition) is 6. The number of aromatic nitrogens is 2. The Morgan fingerprint density at radius 1 is 1.18 bits per heavy atom. The van der Waals surface area contributed by atoms with Crippen LogP contribution in [0.25, 0.3) is 0 Å². The van der Waals surface area contributed by atoms with Crippen LogP contribution >= 0.6 is 23.2 Å². The first-order valence-corrected chi connectivity index (χ1v) is 10.2. The van der Waals surface area contributed by atoms with E-state index >= 15 is 0 Å². The van der Waals surface area contributed by atoms with Crippen LogP contribution in [0.3, 0.4) is 0 Å². The molecule has 152 valence electrons. The van der Waals surface area contributed by atoms with Crippen molar-refractivity contribution >= 4 is 34.8 Å². The van der Waals surface area contributed by atoms with Crippen LogP contribution in [-0.2, 0) is 11.3 Å². The quantitative estimate of drug-likeness (QED) is 0.729. The van der Waals surface area contributed by atoms with Crippen LogP contribution in [0, 0.1) is 0 Å². The minimum Gasteiger partial charge on any atom is -0.338 e. The average molecular weight is 426 g/mol. The van der Waals surface area contributed by atoms with E-state index in [-0.39, 0.29) is 11.8 Å². The van der Waals surface area contributed by atoms with Crippen molar-refractivity contribution in [2.75, 3.05) is 38.0 Å². The number of nitrogens with zero attached hydrogens (tertiary/aromatic N) is 4. The number of carbonyl (C=O) groups is 1. The average Bonchev–Trinajstić information content (AvgIpc) is 3.13. The zero-order valence-electron chi connectivity index (χ0n) is 16.1. The van der Waals surface area contributed by atoms with Gasteiger partial charge < -0.3 is 14.7 Å². The van der Waals surface area contributed by atoms with Gasteiger partial charge in [0.05, 0.1) is 22.3 Å². The lowest BCUT2D eigenvalue weighted by atomic mass is 10.2. The molecule has 0 atom stereocenters. The summed E-state index contributed by atoms with van der Waals surface area (Å²) in [7, 11) is 0. The normalized spacial score (nSPS) is 15.9. The summed E-state index contributed by atoms with van der Waals surface area (Å²) >= 11 is 12.2. The lowest BCUT2D eigenvalue weighted by molar-refractivity contribution is -0.116. The molecule has 1 aromatic heterocycles. The Bertz CT molecular complexity index is 783. The largest absolute Gasteiger partial charge is 0.338 e. The van der Waals surface area contributed by atoms with Crippen molar-refractivity contribution < 1.29 is 9.32 Å². The molecule has 1 aliphatic heterocycles. The van der Waals surface area contributed by atoms with E-state index in [4.69, 9.17) is 27.7 Å². The van der Waals surface area contributed by atoms with Gasteiger partial charge in [0.1, 0.15) is 0 Å². The van der Waals surface area contributed by atoms with Crippen molar-refractivity contribution in [2.45, 2.75) is 32.7 Å². The molecule has 7 nitrogen and oxygen atoms in total. The molecular formula is C19H25Cl2N5O2. The summed E-state index contributed by atoms with van der Waals surface area (Å²) in [4.78, 5) is 21.2. The van der Waals surface area contributed by atoms with Crippen LogP contribution in [0.1, 0.15) is 37.9 Å². The molecular weight excluding hydrogens is 401 g/mol. The third kappa shape index (κ3) is 5.67. The molecule has 1 amide bonds. The highest BCUT2D eigenvalue weighted by Crippen LogP contribution is 2.29. The highest BCUT2D eigenvalue weighted by molar-refractivity contribution is 6.39. The molecule has 1 N–H and O–H groups in total. The first-order valence-electron chi connectivity index (χ1n) is 9.43. The van der Waals surface area contributed by atoms with Crippen LogP contribution in [0.4, 0.5) is 5.69 Å². The molecule has 3 rings (SSSR count).